The summed E-state index contributed by atoms with van der Waals surface area (Å²) in [6.45, 7) is 2.95. The normalized spacial score (nSPS) is 26.8. The zero-order chi connectivity index (χ0) is 14.9. The van der Waals surface area contributed by atoms with E-state index < -0.39 is 5.60 Å². The average molecular weight is 292 g/mol. The molecule has 1 aromatic heterocycles. The van der Waals surface area contributed by atoms with Crippen LogP contribution in [0.3, 0.4) is 0 Å². The average Bonchev–Trinajstić information content (AvgIpc) is 3.04. The lowest BCUT2D eigenvalue weighted by Gasteiger charge is -2.41. The molecule has 6 nitrogen and oxygen atoms in total. The van der Waals surface area contributed by atoms with E-state index in [1.807, 2.05) is 18.1 Å². The van der Waals surface area contributed by atoms with Gasteiger partial charge in [-0.3, -0.25) is 4.79 Å². The third kappa shape index (κ3) is 2.96. The van der Waals surface area contributed by atoms with Gasteiger partial charge in [0.15, 0.2) is 0 Å². The number of piperidine rings is 2. The van der Waals surface area contributed by atoms with Crippen molar-refractivity contribution in [1.82, 2.24) is 19.8 Å². The lowest BCUT2D eigenvalue weighted by atomic mass is 9.88. The third-order valence-electron chi connectivity index (χ3n) is 4.83. The first kappa shape index (κ1) is 14.5. The monoisotopic (exact) mass is 292 g/mol. The number of carbonyl (C=O) groups excluding carboxylic acids is 1. The van der Waals surface area contributed by atoms with Crippen LogP contribution in [-0.2, 0) is 4.79 Å². The Labute approximate surface area is 125 Å². The van der Waals surface area contributed by atoms with Crippen molar-refractivity contribution in [2.24, 2.45) is 0 Å². The molecule has 2 N–H and O–H groups in total. The Kier molecular flexibility index (Phi) is 3.99. The maximum Gasteiger partial charge on any atom is 0.254 e. The molecule has 0 unspecified atom stereocenters. The molecule has 1 amide bonds. The van der Waals surface area contributed by atoms with Crippen molar-refractivity contribution >= 4 is 5.91 Å². The molecule has 21 heavy (non-hydrogen) atoms. The molecule has 2 aliphatic heterocycles. The molecular formula is C15H24N4O2. The molecule has 116 valence electrons. The maximum absolute atomic E-state index is 12.7. The Hall–Kier alpha value is -1.40. The summed E-state index contributed by atoms with van der Waals surface area (Å²) in [6.07, 6.45) is 6.64. The van der Waals surface area contributed by atoms with Gasteiger partial charge in [0.2, 0.25) is 0 Å². The Morgan fingerprint density at radius 3 is 2.86 bits per heavy atom. The molecule has 0 radical (unpaired) electrons. The van der Waals surface area contributed by atoms with E-state index in [1.54, 1.807) is 6.20 Å². The second-order valence-electron chi connectivity index (χ2n) is 6.40. The fourth-order valence-corrected chi connectivity index (χ4v) is 3.38. The standard InChI is InChI=1S/C15H24N4O2/c1-18-9-4-15(21,5-10-18)14(20)19-8-2-3-12(11-19)13-16-6-7-17-13/h6-7,12,21H,2-5,8-11H2,1H3,(H,16,17)/t12-/m1/s1. The summed E-state index contributed by atoms with van der Waals surface area (Å²) in [4.78, 5) is 24.2. The van der Waals surface area contributed by atoms with Crippen LogP contribution < -0.4 is 0 Å². The van der Waals surface area contributed by atoms with Crippen molar-refractivity contribution in [3.05, 3.63) is 18.2 Å². The number of aliphatic hydroxyl groups is 1. The molecule has 3 heterocycles. The van der Waals surface area contributed by atoms with Gasteiger partial charge in [0.1, 0.15) is 11.4 Å². The molecule has 2 saturated heterocycles. The number of likely N-dealkylation sites (tertiary alicyclic amines) is 2. The fourth-order valence-electron chi connectivity index (χ4n) is 3.38. The summed E-state index contributed by atoms with van der Waals surface area (Å²) in [6, 6.07) is 0. The highest BCUT2D eigenvalue weighted by molar-refractivity contribution is 5.85. The summed E-state index contributed by atoms with van der Waals surface area (Å²) in [5, 5.41) is 10.7. The molecule has 2 fully saturated rings. The van der Waals surface area contributed by atoms with Gasteiger partial charge in [0.25, 0.3) is 5.91 Å². The molecule has 0 aromatic carbocycles. The number of aromatic amines is 1. The zero-order valence-corrected chi connectivity index (χ0v) is 12.6. The van der Waals surface area contributed by atoms with Crippen LogP contribution in [0.1, 0.15) is 37.4 Å². The summed E-state index contributed by atoms with van der Waals surface area (Å²) < 4.78 is 0. The van der Waals surface area contributed by atoms with Crippen molar-refractivity contribution in [3.8, 4) is 0 Å². The van der Waals surface area contributed by atoms with Gasteiger partial charge >= 0.3 is 0 Å². The quantitative estimate of drug-likeness (QED) is 0.836. The molecule has 2 aliphatic rings. The van der Waals surface area contributed by atoms with Crippen molar-refractivity contribution in [3.63, 3.8) is 0 Å². The summed E-state index contributed by atoms with van der Waals surface area (Å²) in [5.74, 6) is 1.11. The molecule has 0 saturated carbocycles. The number of hydrogen-bond acceptors (Lipinski definition) is 4. The number of hydrogen-bond donors (Lipinski definition) is 2. The predicted molar refractivity (Wildman–Crippen MR) is 78.8 cm³/mol. The number of imidazole rings is 1. The Morgan fingerprint density at radius 1 is 1.43 bits per heavy atom. The van der Waals surface area contributed by atoms with Crippen LogP contribution in [0.5, 0.6) is 0 Å². The van der Waals surface area contributed by atoms with Crippen molar-refractivity contribution < 1.29 is 9.90 Å². The summed E-state index contributed by atoms with van der Waals surface area (Å²) in [7, 11) is 2.03. The van der Waals surface area contributed by atoms with Gasteiger partial charge < -0.3 is 19.9 Å². The van der Waals surface area contributed by atoms with Crippen LogP contribution in [-0.4, -0.2) is 69.6 Å². The van der Waals surface area contributed by atoms with Crippen LogP contribution in [0.2, 0.25) is 0 Å². The van der Waals surface area contributed by atoms with E-state index in [0.717, 1.165) is 38.3 Å². The van der Waals surface area contributed by atoms with Gasteiger partial charge in [-0.15, -0.1) is 0 Å². The Bertz CT molecular complexity index is 480. The number of aromatic nitrogens is 2. The SMILES string of the molecule is CN1CCC(O)(C(=O)N2CCC[C@@H](c3ncc[nH]3)C2)CC1. The van der Waals surface area contributed by atoms with E-state index in [4.69, 9.17) is 0 Å². The van der Waals surface area contributed by atoms with E-state index in [0.29, 0.717) is 19.4 Å². The second-order valence-corrected chi connectivity index (χ2v) is 6.40. The van der Waals surface area contributed by atoms with E-state index in [-0.39, 0.29) is 11.8 Å². The van der Waals surface area contributed by atoms with E-state index in [1.165, 1.54) is 0 Å². The zero-order valence-electron chi connectivity index (χ0n) is 12.6. The van der Waals surface area contributed by atoms with Crippen molar-refractivity contribution in [2.45, 2.75) is 37.2 Å². The van der Waals surface area contributed by atoms with Crippen LogP contribution in [0.25, 0.3) is 0 Å². The maximum atomic E-state index is 12.7. The minimum atomic E-state index is -1.17. The number of carbonyl (C=O) groups is 1. The lowest BCUT2D eigenvalue weighted by molar-refractivity contribution is -0.157. The van der Waals surface area contributed by atoms with Crippen LogP contribution >= 0.6 is 0 Å². The molecule has 0 spiro atoms. The number of nitrogens with zero attached hydrogens (tertiary/aromatic N) is 3. The highest BCUT2D eigenvalue weighted by Crippen LogP contribution is 2.29. The molecule has 1 aromatic rings. The number of rotatable bonds is 2. The summed E-state index contributed by atoms with van der Waals surface area (Å²) >= 11 is 0. The van der Waals surface area contributed by atoms with Crippen molar-refractivity contribution in [2.75, 3.05) is 33.2 Å². The smallest absolute Gasteiger partial charge is 0.254 e. The minimum absolute atomic E-state index is 0.0909. The van der Waals surface area contributed by atoms with Gasteiger partial charge in [-0.1, -0.05) is 0 Å². The van der Waals surface area contributed by atoms with Crippen LogP contribution in [0, 0.1) is 0 Å². The second kappa shape index (κ2) is 5.77. The number of H-pyrrole nitrogens is 1. The number of nitrogens with one attached hydrogen (secondary N) is 1. The largest absolute Gasteiger partial charge is 0.380 e. The Balaban J connectivity index is 1.67. The topological polar surface area (TPSA) is 72.5 Å². The Morgan fingerprint density at radius 2 is 2.19 bits per heavy atom. The van der Waals surface area contributed by atoms with Gasteiger partial charge in [-0.25, -0.2) is 4.98 Å². The number of amides is 1. The highest BCUT2D eigenvalue weighted by Gasteiger charge is 2.42. The van der Waals surface area contributed by atoms with Gasteiger partial charge in [-0.2, -0.15) is 0 Å². The minimum Gasteiger partial charge on any atom is -0.380 e. The predicted octanol–water partition coefficient (Wildman–Crippen LogP) is 0.572. The van der Waals surface area contributed by atoms with Crippen LogP contribution in [0.4, 0.5) is 0 Å². The highest BCUT2D eigenvalue weighted by atomic mass is 16.3. The van der Waals surface area contributed by atoms with E-state index in [2.05, 4.69) is 14.9 Å². The van der Waals surface area contributed by atoms with Gasteiger partial charge in [-0.05, 0) is 32.7 Å². The van der Waals surface area contributed by atoms with E-state index in [9.17, 15) is 9.90 Å². The molecule has 0 aliphatic carbocycles. The molecule has 3 rings (SSSR count). The fraction of sp³-hybridized carbons (Fsp3) is 0.733. The molecule has 0 bridgehead atoms. The molecule has 6 heteroatoms. The van der Waals surface area contributed by atoms with Crippen molar-refractivity contribution in [1.29, 1.82) is 0 Å². The first-order valence-corrected chi connectivity index (χ1v) is 7.78. The molecule has 1 atom stereocenters. The van der Waals surface area contributed by atoms with Gasteiger partial charge in [0, 0.05) is 44.5 Å². The third-order valence-corrected chi connectivity index (χ3v) is 4.83. The van der Waals surface area contributed by atoms with Gasteiger partial charge in [0.05, 0.1) is 0 Å². The lowest BCUT2D eigenvalue weighted by Crippen LogP contribution is -2.56. The van der Waals surface area contributed by atoms with E-state index >= 15 is 0 Å². The van der Waals surface area contributed by atoms with Crippen LogP contribution in [0.15, 0.2) is 12.4 Å². The summed E-state index contributed by atoms with van der Waals surface area (Å²) in [5.41, 5.74) is -1.17. The first-order chi connectivity index (χ1) is 10.1. The first-order valence-electron chi connectivity index (χ1n) is 7.78. The molecular weight excluding hydrogens is 268 g/mol.